The molecule has 0 saturated heterocycles. The maximum Gasteiger partial charge on any atom is 0.0645 e. The third-order valence-corrected chi connectivity index (χ3v) is 12.2. The van der Waals surface area contributed by atoms with Crippen molar-refractivity contribution in [2.45, 2.75) is 38.5 Å². The van der Waals surface area contributed by atoms with Crippen molar-refractivity contribution in [1.82, 2.24) is 19.1 Å². The lowest BCUT2D eigenvalue weighted by atomic mass is 9.72. The van der Waals surface area contributed by atoms with Crippen LogP contribution in [0.4, 0.5) is 0 Å². The maximum absolute atomic E-state index is 4.58. The summed E-state index contributed by atoms with van der Waals surface area (Å²) >= 11 is 0. The van der Waals surface area contributed by atoms with Gasteiger partial charge in [0.25, 0.3) is 0 Å². The van der Waals surface area contributed by atoms with E-state index < -0.39 is 0 Å². The Morgan fingerprint density at radius 2 is 1.09 bits per heavy atom. The molecule has 4 heteroatoms. The first-order valence-corrected chi connectivity index (χ1v) is 19.1. The Bertz CT molecular complexity index is 2940. The molecule has 0 N–H and O–H groups in total. The minimum atomic E-state index is 0.343. The van der Waals surface area contributed by atoms with Gasteiger partial charge in [-0.2, -0.15) is 0 Å². The fourth-order valence-corrected chi connectivity index (χ4v) is 9.41. The summed E-state index contributed by atoms with van der Waals surface area (Å²) in [5.74, 6) is 0.689. The zero-order chi connectivity index (χ0) is 35.9. The van der Waals surface area contributed by atoms with Crippen LogP contribution in [0.25, 0.3) is 78.0 Å². The minimum absolute atomic E-state index is 0.343. The summed E-state index contributed by atoms with van der Waals surface area (Å²) in [5, 5.41) is 3.86. The second-order valence-corrected chi connectivity index (χ2v) is 15.1. The van der Waals surface area contributed by atoms with Crippen LogP contribution in [0.15, 0.2) is 152 Å². The monoisotopic (exact) mass is 694 g/mol. The van der Waals surface area contributed by atoms with Crippen LogP contribution in [0.3, 0.4) is 0 Å². The number of hydrogen-bond donors (Lipinski definition) is 0. The number of nitrogens with zero attached hydrogens (tertiary/aromatic N) is 4. The molecule has 2 atom stereocenters. The number of benzene rings is 5. The van der Waals surface area contributed by atoms with Crippen LogP contribution >= 0.6 is 0 Å². The molecule has 0 saturated carbocycles. The number of rotatable bonds is 4. The van der Waals surface area contributed by atoms with Crippen molar-refractivity contribution in [3.63, 3.8) is 0 Å². The summed E-state index contributed by atoms with van der Waals surface area (Å²) in [6.07, 6.45) is 12.1. The molecule has 11 rings (SSSR count). The van der Waals surface area contributed by atoms with Gasteiger partial charge in [0.2, 0.25) is 0 Å². The summed E-state index contributed by atoms with van der Waals surface area (Å²) in [7, 11) is 0. The normalized spacial score (nSPS) is 16.3. The summed E-state index contributed by atoms with van der Waals surface area (Å²) in [4.78, 5) is 9.14. The lowest BCUT2D eigenvalue weighted by Gasteiger charge is -2.32. The fraction of sp³-hybridized carbons (Fsp3) is 0.120. The number of pyridine rings is 2. The first-order chi connectivity index (χ1) is 26.6. The Balaban J connectivity index is 1.19. The van der Waals surface area contributed by atoms with Crippen LogP contribution in [-0.4, -0.2) is 19.1 Å². The van der Waals surface area contributed by atoms with E-state index in [0.717, 1.165) is 24.2 Å². The smallest absolute Gasteiger partial charge is 0.0645 e. The van der Waals surface area contributed by atoms with Gasteiger partial charge >= 0.3 is 0 Å². The maximum atomic E-state index is 4.58. The van der Waals surface area contributed by atoms with Gasteiger partial charge in [0, 0.05) is 39.8 Å². The van der Waals surface area contributed by atoms with Gasteiger partial charge < -0.3 is 9.13 Å². The van der Waals surface area contributed by atoms with Crippen LogP contribution in [0.1, 0.15) is 60.1 Å². The van der Waals surface area contributed by atoms with Crippen molar-refractivity contribution in [3.8, 4) is 33.6 Å². The highest BCUT2D eigenvalue weighted by atomic mass is 15.0. The number of hydrogen-bond acceptors (Lipinski definition) is 2. The number of fused-ring (bicyclic) bond motifs is 9. The predicted molar refractivity (Wildman–Crippen MR) is 224 cm³/mol. The predicted octanol–water partition coefficient (Wildman–Crippen LogP) is 12.6. The quantitative estimate of drug-likeness (QED) is 0.184. The highest BCUT2D eigenvalue weighted by molar-refractivity contribution is 6.12. The van der Waals surface area contributed by atoms with E-state index in [4.69, 9.17) is 0 Å². The third kappa shape index (κ3) is 4.63. The van der Waals surface area contributed by atoms with E-state index in [1.807, 2.05) is 30.9 Å². The Kier molecular flexibility index (Phi) is 6.90. The molecule has 2 aliphatic rings. The SMILES string of the molecule is CC1c2cc3c4c(n(-c5cccnc5)c3cc2-c2cc3c(cc2C1C)c1cc(-c2ccccc2)ccc1n3-c1cccnc1)CCC(c1ccccc1)=C4. The largest absolute Gasteiger partial charge is 0.311 e. The summed E-state index contributed by atoms with van der Waals surface area (Å²) < 4.78 is 4.88. The van der Waals surface area contributed by atoms with Crippen LogP contribution < -0.4 is 0 Å². The molecule has 4 aromatic heterocycles. The van der Waals surface area contributed by atoms with Crippen molar-refractivity contribution >= 4 is 44.4 Å². The van der Waals surface area contributed by atoms with E-state index in [2.05, 4.69) is 160 Å². The zero-order valence-electron chi connectivity index (χ0n) is 30.4. The second kappa shape index (κ2) is 12.0. The van der Waals surface area contributed by atoms with Crippen molar-refractivity contribution in [2.24, 2.45) is 0 Å². The second-order valence-electron chi connectivity index (χ2n) is 15.1. The first-order valence-electron chi connectivity index (χ1n) is 19.1. The van der Waals surface area contributed by atoms with Crippen LogP contribution in [-0.2, 0) is 6.42 Å². The van der Waals surface area contributed by atoms with E-state index in [9.17, 15) is 0 Å². The molecule has 0 fully saturated rings. The molecule has 9 aromatic rings. The molecular formula is C50H38N4. The van der Waals surface area contributed by atoms with Crippen molar-refractivity contribution < 1.29 is 0 Å². The number of aromatic nitrogens is 4. The minimum Gasteiger partial charge on any atom is -0.311 e. The molecule has 5 aromatic carbocycles. The van der Waals surface area contributed by atoms with Crippen LogP contribution in [0.5, 0.6) is 0 Å². The third-order valence-electron chi connectivity index (χ3n) is 12.2. The van der Waals surface area contributed by atoms with E-state index in [0.29, 0.717) is 11.8 Å². The average molecular weight is 695 g/mol. The van der Waals surface area contributed by atoms with Crippen molar-refractivity contribution in [1.29, 1.82) is 0 Å². The van der Waals surface area contributed by atoms with Gasteiger partial charge in [0.15, 0.2) is 0 Å². The van der Waals surface area contributed by atoms with Crippen LogP contribution in [0.2, 0.25) is 0 Å². The zero-order valence-corrected chi connectivity index (χ0v) is 30.4. The molecule has 2 unspecified atom stereocenters. The molecular weight excluding hydrogens is 657 g/mol. The van der Waals surface area contributed by atoms with Gasteiger partial charge in [-0.25, -0.2) is 0 Å². The summed E-state index contributed by atoms with van der Waals surface area (Å²) in [6.45, 7) is 4.84. The van der Waals surface area contributed by atoms with Gasteiger partial charge in [-0.15, -0.1) is 0 Å². The standard InChI is InChI=1S/C50H38N4/c1-31-32(2)40-26-46-44-24-36(34-13-7-4-8-14-34)18-20-48(44)54(38-16-10-22-52-30-38)50(46)28-42(40)41-27-49-45(25-39(31)41)43-23-35(33-11-5-3-6-12-33)17-19-47(43)53(49)37-15-9-21-51-29-37/h3-17,19,21-32H,18,20H2,1-2H3. The van der Waals surface area contributed by atoms with Crippen molar-refractivity contribution in [3.05, 3.63) is 180 Å². The van der Waals surface area contributed by atoms with E-state index >= 15 is 0 Å². The van der Waals surface area contributed by atoms with Gasteiger partial charge in [0.1, 0.15) is 0 Å². The van der Waals surface area contributed by atoms with Gasteiger partial charge in [-0.1, -0.05) is 80.6 Å². The Labute approximate surface area is 314 Å². The topological polar surface area (TPSA) is 35.6 Å². The summed E-state index contributed by atoms with van der Waals surface area (Å²) in [6, 6.07) is 47.0. The number of allylic oxidation sites excluding steroid dienone is 1. The molecule has 0 spiro atoms. The summed E-state index contributed by atoms with van der Waals surface area (Å²) in [5.41, 5.74) is 19.1. The molecule has 258 valence electrons. The average Bonchev–Trinajstić information content (AvgIpc) is 3.74. The van der Waals surface area contributed by atoms with Crippen LogP contribution in [0, 0.1) is 0 Å². The van der Waals surface area contributed by atoms with E-state index in [1.165, 1.54) is 88.5 Å². The molecule has 2 aliphatic carbocycles. The first kappa shape index (κ1) is 31.0. The highest BCUT2D eigenvalue weighted by Gasteiger charge is 2.32. The highest BCUT2D eigenvalue weighted by Crippen LogP contribution is 2.52. The molecule has 0 amide bonds. The lowest BCUT2D eigenvalue weighted by molar-refractivity contribution is 0.617. The van der Waals surface area contributed by atoms with Gasteiger partial charge in [0.05, 0.1) is 40.3 Å². The fourth-order valence-electron chi connectivity index (χ4n) is 9.41. The van der Waals surface area contributed by atoms with Gasteiger partial charge in [-0.3, -0.25) is 9.97 Å². The Hall–Kier alpha value is -6.52. The van der Waals surface area contributed by atoms with Gasteiger partial charge in [-0.05, 0) is 136 Å². The van der Waals surface area contributed by atoms with E-state index in [1.54, 1.807) is 0 Å². The molecule has 0 radical (unpaired) electrons. The van der Waals surface area contributed by atoms with E-state index in [-0.39, 0.29) is 0 Å². The Morgan fingerprint density at radius 1 is 0.500 bits per heavy atom. The molecule has 54 heavy (non-hydrogen) atoms. The molecule has 0 bridgehead atoms. The Morgan fingerprint density at radius 3 is 1.74 bits per heavy atom. The molecule has 4 nitrogen and oxygen atoms in total. The lowest BCUT2D eigenvalue weighted by Crippen LogP contribution is -2.13. The molecule has 4 heterocycles. The molecule has 0 aliphatic heterocycles. The van der Waals surface area contributed by atoms with Crippen molar-refractivity contribution in [2.75, 3.05) is 0 Å².